The smallest absolute Gasteiger partial charge is 0.242 e. The van der Waals surface area contributed by atoms with Crippen LogP contribution in [-0.2, 0) is 16.6 Å². The van der Waals surface area contributed by atoms with Crippen LogP contribution >= 0.6 is 27.3 Å². The van der Waals surface area contributed by atoms with Crippen molar-refractivity contribution in [2.24, 2.45) is 17.6 Å². The molecule has 7 heteroatoms. The van der Waals surface area contributed by atoms with Gasteiger partial charge in [0, 0.05) is 18.0 Å². The van der Waals surface area contributed by atoms with Crippen LogP contribution in [0, 0.1) is 11.8 Å². The van der Waals surface area contributed by atoms with E-state index in [2.05, 4.69) is 27.6 Å². The van der Waals surface area contributed by atoms with Gasteiger partial charge in [0.25, 0.3) is 0 Å². The van der Waals surface area contributed by atoms with Gasteiger partial charge in [0.15, 0.2) is 0 Å². The summed E-state index contributed by atoms with van der Waals surface area (Å²) in [5, 5.41) is 0. The molecule has 0 saturated heterocycles. The quantitative estimate of drug-likeness (QED) is 0.823. The number of halogens is 1. The first kappa shape index (κ1) is 16.4. The van der Waals surface area contributed by atoms with E-state index in [0.717, 1.165) is 17.7 Å². The normalized spacial score (nSPS) is 23.9. The molecule has 0 radical (unpaired) electrons. The van der Waals surface area contributed by atoms with Gasteiger partial charge in [0.1, 0.15) is 4.90 Å². The third-order valence-electron chi connectivity index (χ3n) is 3.80. The van der Waals surface area contributed by atoms with Crippen LogP contribution in [0.15, 0.2) is 14.7 Å². The van der Waals surface area contributed by atoms with Crippen molar-refractivity contribution < 1.29 is 8.42 Å². The zero-order chi connectivity index (χ0) is 14.8. The Morgan fingerprint density at radius 2 is 2.25 bits per heavy atom. The number of nitrogens with two attached hydrogens (primary N) is 1. The fraction of sp³-hybridized carbons (Fsp3) is 0.692. The minimum Gasteiger partial charge on any atom is -0.326 e. The largest absolute Gasteiger partial charge is 0.326 e. The van der Waals surface area contributed by atoms with Crippen molar-refractivity contribution in [2.75, 3.05) is 6.54 Å². The maximum atomic E-state index is 12.3. The molecule has 0 spiro atoms. The van der Waals surface area contributed by atoms with Crippen molar-refractivity contribution in [1.29, 1.82) is 0 Å². The maximum Gasteiger partial charge on any atom is 0.242 e. The lowest BCUT2D eigenvalue weighted by atomic mass is 9.83. The van der Waals surface area contributed by atoms with Crippen LogP contribution < -0.4 is 10.5 Å². The molecule has 1 saturated carbocycles. The lowest BCUT2D eigenvalue weighted by molar-refractivity contribution is 0.283. The monoisotopic (exact) mass is 380 g/mol. The Morgan fingerprint density at radius 3 is 2.85 bits per heavy atom. The van der Waals surface area contributed by atoms with Crippen molar-refractivity contribution >= 4 is 37.3 Å². The first-order chi connectivity index (χ1) is 9.42. The summed E-state index contributed by atoms with van der Waals surface area (Å²) < 4.78 is 28.0. The Hall–Kier alpha value is 0.0500. The molecule has 114 valence electrons. The van der Waals surface area contributed by atoms with Gasteiger partial charge in [0.2, 0.25) is 10.0 Å². The molecular weight excluding hydrogens is 360 g/mol. The van der Waals surface area contributed by atoms with E-state index in [1.54, 1.807) is 6.07 Å². The summed E-state index contributed by atoms with van der Waals surface area (Å²) in [4.78, 5) is 1.18. The van der Waals surface area contributed by atoms with Crippen LogP contribution in [0.25, 0.3) is 0 Å². The predicted octanol–water partition coefficient (Wildman–Crippen LogP) is 3.07. The number of sulfonamides is 1. The van der Waals surface area contributed by atoms with E-state index in [9.17, 15) is 8.42 Å². The first-order valence-corrected chi connectivity index (χ1v) is 9.99. The second-order valence-electron chi connectivity index (χ2n) is 5.54. The second kappa shape index (κ2) is 6.87. The average molecular weight is 381 g/mol. The molecule has 1 aromatic rings. The summed E-state index contributed by atoms with van der Waals surface area (Å²) in [5.74, 6) is 1.16. The van der Waals surface area contributed by atoms with Crippen LogP contribution in [0.5, 0.6) is 0 Å². The molecule has 20 heavy (non-hydrogen) atoms. The Bertz CT molecular complexity index is 557. The van der Waals surface area contributed by atoms with E-state index in [1.165, 1.54) is 24.2 Å². The van der Waals surface area contributed by atoms with E-state index in [1.807, 2.05) is 0 Å². The van der Waals surface area contributed by atoms with Gasteiger partial charge in [-0.15, -0.1) is 11.3 Å². The number of rotatable bonds is 5. The highest BCUT2D eigenvalue weighted by Crippen LogP contribution is 2.32. The molecule has 3 N–H and O–H groups in total. The van der Waals surface area contributed by atoms with Crippen LogP contribution in [0.3, 0.4) is 0 Å². The van der Waals surface area contributed by atoms with Gasteiger partial charge < -0.3 is 5.73 Å². The number of hydrogen-bond acceptors (Lipinski definition) is 4. The molecule has 1 aliphatic carbocycles. The number of nitrogens with one attached hydrogen (secondary N) is 1. The molecule has 1 aliphatic rings. The van der Waals surface area contributed by atoms with Crippen molar-refractivity contribution in [3.8, 4) is 0 Å². The summed E-state index contributed by atoms with van der Waals surface area (Å²) in [6, 6.07) is 1.65. The van der Waals surface area contributed by atoms with Gasteiger partial charge >= 0.3 is 0 Å². The van der Waals surface area contributed by atoms with Crippen molar-refractivity contribution in [3.05, 3.63) is 14.7 Å². The molecule has 0 aliphatic heterocycles. The minimum absolute atomic E-state index is 0.312. The van der Waals surface area contributed by atoms with Crippen molar-refractivity contribution in [3.63, 3.8) is 0 Å². The first-order valence-electron chi connectivity index (χ1n) is 6.90. The summed E-state index contributed by atoms with van der Waals surface area (Å²) in [6.45, 7) is 3.13. The maximum absolute atomic E-state index is 12.3. The van der Waals surface area contributed by atoms with Crippen molar-refractivity contribution in [2.45, 2.75) is 44.0 Å². The van der Waals surface area contributed by atoms with Crippen LogP contribution in [-0.4, -0.2) is 15.0 Å². The molecule has 4 nitrogen and oxygen atoms in total. The number of thiophene rings is 1. The molecule has 2 rings (SSSR count). The molecule has 0 aromatic carbocycles. The molecular formula is C13H21BrN2O2S2. The zero-order valence-corrected chi connectivity index (χ0v) is 14.8. The van der Waals surface area contributed by atoms with Crippen LogP contribution in [0.1, 0.15) is 37.5 Å². The van der Waals surface area contributed by atoms with E-state index in [0.29, 0.717) is 33.6 Å². The predicted molar refractivity (Wildman–Crippen MR) is 86.2 cm³/mol. The SMILES string of the molecule is CC1CCCC(CNS(=O)(=O)c2cc(CN)sc2Br)C1. The van der Waals surface area contributed by atoms with Crippen molar-refractivity contribution in [1.82, 2.24) is 4.72 Å². The Labute approximate surface area is 133 Å². The molecule has 1 fully saturated rings. The van der Waals surface area contributed by atoms with Gasteiger partial charge in [-0.1, -0.05) is 19.8 Å². The molecule has 2 unspecified atom stereocenters. The van der Waals surface area contributed by atoms with Gasteiger partial charge in [-0.05, 0) is 46.7 Å². The Kier molecular flexibility index (Phi) is 5.64. The second-order valence-corrected chi connectivity index (χ2v) is 9.73. The highest BCUT2D eigenvalue weighted by atomic mass is 79.9. The third-order valence-corrected chi connectivity index (χ3v) is 7.50. The molecule has 2 atom stereocenters. The Balaban J connectivity index is 2.01. The molecule has 0 bridgehead atoms. The molecule has 1 heterocycles. The average Bonchev–Trinajstić information content (AvgIpc) is 2.79. The van der Waals surface area contributed by atoms with E-state index in [-0.39, 0.29) is 0 Å². The third kappa shape index (κ3) is 4.04. The highest BCUT2D eigenvalue weighted by molar-refractivity contribution is 9.11. The summed E-state index contributed by atoms with van der Waals surface area (Å²) in [7, 11) is -3.44. The van der Waals surface area contributed by atoms with E-state index >= 15 is 0 Å². The summed E-state index contributed by atoms with van der Waals surface area (Å²) in [6.07, 6.45) is 4.69. The van der Waals surface area contributed by atoms with Gasteiger partial charge in [0.05, 0.1) is 3.79 Å². The van der Waals surface area contributed by atoms with E-state index < -0.39 is 10.0 Å². The fourth-order valence-electron chi connectivity index (χ4n) is 2.73. The van der Waals surface area contributed by atoms with Gasteiger partial charge in [-0.25, -0.2) is 13.1 Å². The summed E-state index contributed by atoms with van der Waals surface area (Å²) >= 11 is 4.69. The van der Waals surface area contributed by atoms with Gasteiger partial charge in [-0.3, -0.25) is 0 Å². The lowest BCUT2D eigenvalue weighted by Gasteiger charge is -2.26. The Morgan fingerprint density at radius 1 is 1.50 bits per heavy atom. The number of hydrogen-bond donors (Lipinski definition) is 2. The zero-order valence-electron chi connectivity index (χ0n) is 11.6. The standard InChI is InChI=1S/C13H21BrN2O2S2/c1-9-3-2-4-10(5-9)8-16-20(17,18)12-6-11(7-15)19-13(12)14/h6,9-10,16H,2-5,7-8,15H2,1H3. The van der Waals surface area contributed by atoms with Gasteiger partial charge in [-0.2, -0.15) is 0 Å². The molecule has 1 aromatic heterocycles. The van der Waals surface area contributed by atoms with E-state index in [4.69, 9.17) is 5.73 Å². The fourth-order valence-corrected chi connectivity index (χ4v) is 6.41. The minimum atomic E-state index is -3.44. The summed E-state index contributed by atoms with van der Waals surface area (Å²) in [5.41, 5.74) is 5.56. The topological polar surface area (TPSA) is 72.2 Å². The molecule has 0 amide bonds. The van der Waals surface area contributed by atoms with Crippen LogP contribution in [0.2, 0.25) is 0 Å². The lowest BCUT2D eigenvalue weighted by Crippen LogP contribution is -2.31. The van der Waals surface area contributed by atoms with Crippen LogP contribution in [0.4, 0.5) is 0 Å². The highest BCUT2D eigenvalue weighted by Gasteiger charge is 2.24.